The first-order valence-electron chi connectivity index (χ1n) is 7.90. The average molecular weight is 355 g/mol. The molecule has 0 amide bonds. The number of nitrogens with zero attached hydrogens (tertiary/aromatic N) is 3. The summed E-state index contributed by atoms with van der Waals surface area (Å²) in [7, 11) is 7.33. The average Bonchev–Trinajstić information content (AvgIpc) is 3.03. The zero-order valence-corrected chi connectivity index (χ0v) is 15.8. The van der Waals surface area contributed by atoms with E-state index in [0.717, 1.165) is 33.4 Å². The summed E-state index contributed by atoms with van der Waals surface area (Å²) in [6, 6.07) is 9.79. The Kier molecular flexibility index (Phi) is 4.63. The van der Waals surface area contributed by atoms with Crippen LogP contribution in [0.15, 0.2) is 40.5 Å². The molecule has 0 saturated carbocycles. The molecule has 0 unspecified atom stereocenters. The van der Waals surface area contributed by atoms with Gasteiger partial charge in [-0.15, -0.1) is 11.3 Å². The summed E-state index contributed by atoms with van der Waals surface area (Å²) < 4.78 is 6.93. The molecule has 0 aliphatic heterocycles. The van der Waals surface area contributed by atoms with Crippen molar-refractivity contribution in [3.05, 3.63) is 51.8 Å². The van der Waals surface area contributed by atoms with Crippen molar-refractivity contribution >= 4 is 17.2 Å². The second kappa shape index (κ2) is 6.72. The van der Waals surface area contributed by atoms with Crippen molar-refractivity contribution in [2.24, 2.45) is 7.05 Å². The highest BCUT2D eigenvalue weighted by atomic mass is 32.1. The molecule has 0 spiro atoms. The Morgan fingerprint density at radius 3 is 2.36 bits per heavy atom. The molecule has 6 heteroatoms. The van der Waals surface area contributed by atoms with E-state index < -0.39 is 0 Å². The molecular weight excluding hydrogens is 334 g/mol. The highest BCUT2D eigenvalue weighted by molar-refractivity contribution is 7.13. The normalized spacial score (nSPS) is 10.8. The van der Waals surface area contributed by atoms with E-state index in [2.05, 4.69) is 4.98 Å². The van der Waals surface area contributed by atoms with Gasteiger partial charge >= 0.3 is 0 Å². The zero-order chi connectivity index (χ0) is 18.1. The maximum Gasteiger partial charge on any atom is 0.262 e. The molecule has 2 aromatic heterocycles. The van der Waals surface area contributed by atoms with E-state index in [9.17, 15) is 4.79 Å². The molecule has 0 saturated heterocycles. The van der Waals surface area contributed by atoms with E-state index in [1.165, 1.54) is 11.3 Å². The van der Waals surface area contributed by atoms with Gasteiger partial charge in [-0.2, -0.15) is 0 Å². The number of hydrogen-bond acceptors (Lipinski definition) is 5. The van der Waals surface area contributed by atoms with Crippen LogP contribution in [0.5, 0.6) is 5.75 Å². The fraction of sp³-hybridized carbons (Fsp3) is 0.263. The smallest absolute Gasteiger partial charge is 0.262 e. The van der Waals surface area contributed by atoms with Gasteiger partial charge in [-0.1, -0.05) is 12.1 Å². The summed E-state index contributed by atoms with van der Waals surface area (Å²) >= 11 is 1.49. The van der Waals surface area contributed by atoms with E-state index in [1.807, 2.05) is 61.6 Å². The van der Waals surface area contributed by atoms with Crippen molar-refractivity contribution in [1.29, 1.82) is 0 Å². The number of methoxy groups -OCH3 is 1. The minimum absolute atomic E-state index is 0.0460. The van der Waals surface area contributed by atoms with Crippen molar-refractivity contribution in [2.45, 2.75) is 6.92 Å². The van der Waals surface area contributed by atoms with Crippen LogP contribution in [0.4, 0.5) is 5.82 Å². The van der Waals surface area contributed by atoms with Crippen LogP contribution in [-0.2, 0) is 7.05 Å². The van der Waals surface area contributed by atoms with Gasteiger partial charge in [0.05, 0.1) is 12.7 Å². The van der Waals surface area contributed by atoms with Crippen LogP contribution in [-0.4, -0.2) is 30.8 Å². The second-order valence-corrected chi connectivity index (χ2v) is 6.93. The van der Waals surface area contributed by atoms with Crippen LogP contribution in [0.25, 0.3) is 21.7 Å². The Morgan fingerprint density at radius 2 is 1.84 bits per heavy atom. The van der Waals surface area contributed by atoms with Crippen molar-refractivity contribution in [3.63, 3.8) is 0 Å². The van der Waals surface area contributed by atoms with Gasteiger partial charge in [0.15, 0.2) is 0 Å². The first kappa shape index (κ1) is 17.2. The standard InChI is InChI=1S/C19H21N3O2S/c1-12-11-25-17(20-12)16-10-15(13-6-8-14(24-5)9-7-13)18(21(2)3)22(4)19(16)23/h6-11H,1-5H3. The predicted octanol–water partition coefficient (Wildman–Crippen LogP) is 3.56. The maximum atomic E-state index is 12.9. The lowest BCUT2D eigenvalue weighted by molar-refractivity contribution is 0.415. The van der Waals surface area contributed by atoms with Gasteiger partial charge in [-0.3, -0.25) is 9.36 Å². The number of anilines is 1. The predicted molar refractivity (Wildman–Crippen MR) is 104 cm³/mol. The van der Waals surface area contributed by atoms with Crippen LogP contribution in [0.3, 0.4) is 0 Å². The molecule has 1 aromatic carbocycles. The quantitative estimate of drug-likeness (QED) is 0.718. The fourth-order valence-electron chi connectivity index (χ4n) is 2.88. The van der Waals surface area contributed by atoms with Crippen LogP contribution < -0.4 is 15.2 Å². The van der Waals surface area contributed by atoms with E-state index in [4.69, 9.17) is 4.74 Å². The lowest BCUT2D eigenvalue weighted by atomic mass is 10.0. The summed E-state index contributed by atoms with van der Waals surface area (Å²) in [6.07, 6.45) is 0. The van der Waals surface area contributed by atoms with E-state index in [0.29, 0.717) is 5.56 Å². The Morgan fingerprint density at radius 1 is 1.16 bits per heavy atom. The van der Waals surface area contributed by atoms with Gasteiger partial charge in [0, 0.05) is 37.8 Å². The Balaban J connectivity index is 2.27. The maximum absolute atomic E-state index is 12.9. The van der Waals surface area contributed by atoms with Crippen LogP contribution in [0.1, 0.15) is 5.69 Å². The third-order valence-electron chi connectivity index (χ3n) is 4.06. The van der Waals surface area contributed by atoms with Crippen molar-refractivity contribution in [1.82, 2.24) is 9.55 Å². The lowest BCUT2D eigenvalue weighted by Gasteiger charge is -2.22. The zero-order valence-electron chi connectivity index (χ0n) is 15.0. The molecule has 130 valence electrons. The van der Waals surface area contributed by atoms with Crippen molar-refractivity contribution < 1.29 is 4.74 Å². The van der Waals surface area contributed by atoms with Gasteiger partial charge in [-0.25, -0.2) is 4.98 Å². The van der Waals surface area contributed by atoms with Crippen LogP contribution in [0, 0.1) is 6.92 Å². The number of pyridine rings is 1. The third kappa shape index (κ3) is 3.17. The number of ether oxygens (including phenoxy) is 1. The number of thiazole rings is 1. The highest BCUT2D eigenvalue weighted by Crippen LogP contribution is 2.33. The first-order valence-corrected chi connectivity index (χ1v) is 8.78. The number of benzene rings is 1. The molecule has 0 fully saturated rings. The molecule has 5 nitrogen and oxygen atoms in total. The molecule has 0 bridgehead atoms. The summed E-state index contributed by atoms with van der Waals surface area (Å²) in [4.78, 5) is 19.3. The molecule has 0 atom stereocenters. The number of rotatable bonds is 4. The van der Waals surface area contributed by atoms with E-state index in [1.54, 1.807) is 18.7 Å². The van der Waals surface area contributed by atoms with Gasteiger partial charge in [0.1, 0.15) is 16.6 Å². The molecule has 0 aliphatic carbocycles. The van der Waals surface area contributed by atoms with Crippen LogP contribution >= 0.6 is 11.3 Å². The number of aryl methyl sites for hydroxylation is 1. The minimum Gasteiger partial charge on any atom is -0.497 e. The summed E-state index contributed by atoms with van der Waals surface area (Å²) in [6.45, 7) is 1.93. The first-order chi connectivity index (χ1) is 11.9. The number of aromatic nitrogens is 2. The Bertz CT molecular complexity index is 956. The molecule has 2 heterocycles. The lowest BCUT2D eigenvalue weighted by Crippen LogP contribution is -2.26. The van der Waals surface area contributed by atoms with Crippen LogP contribution in [0.2, 0.25) is 0 Å². The van der Waals surface area contributed by atoms with Gasteiger partial charge in [-0.05, 0) is 30.7 Å². The SMILES string of the molecule is COc1ccc(-c2cc(-c3nc(C)cs3)c(=O)n(C)c2N(C)C)cc1. The summed E-state index contributed by atoms with van der Waals surface area (Å²) in [5.41, 5.74) is 3.50. The fourth-order valence-corrected chi connectivity index (χ4v) is 3.69. The molecule has 0 radical (unpaired) electrons. The highest BCUT2D eigenvalue weighted by Gasteiger charge is 2.18. The number of hydrogen-bond donors (Lipinski definition) is 0. The molecule has 25 heavy (non-hydrogen) atoms. The Hall–Kier alpha value is -2.60. The van der Waals surface area contributed by atoms with Gasteiger partial charge < -0.3 is 9.64 Å². The van der Waals surface area contributed by atoms with Crippen molar-refractivity contribution in [2.75, 3.05) is 26.1 Å². The molecule has 0 aliphatic rings. The van der Waals surface area contributed by atoms with Gasteiger partial charge in [0.25, 0.3) is 5.56 Å². The Labute approximate surface area is 151 Å². The minimum atomic E-state index is -0.0460. The van der Waals surface area contributed by atoms with E-state index >= 15 is 0 Å². The summed E-state index contributed by atoms with van der Waals surface area (Å²) in [5, 5.41) is 2.71. The molecule has 3 aromatic rings. The third-order valence-corrected chi connectivity index (χ3v) is 5.05. The monoisotopic (exact) mass is 355 g/mol. The van der Waals surface area contributed by atoms with Crippen molar-refractivity contribution in [3.8, 4) is 27.4 Å². The van der Waals surface area contributed by atoms with E-state index in [-0.39, 0.29) is 5.56 Å². The topological polar surface area (TPSA) is 47.4 Å². The second-order valence-electron chi connectivity index (χ2n) is 6.08. The molecule has 3 rings (SSSR count). The molecular formula is C19H21N3O2S. The largest absolute Gasteiger partial charge is 0.497 e. The molecule has 0 N–H and O–H groups in total. The summed E-state index contributed by atoms with van der Waals surface area (Å²) in [5.74, 6) is 1.66. The van der Waals surface area contributed by atoms with Gasteiger partial charge in [0.2, 0.25) is 0 Å².